The zero-order valence-electron chi connectivity index (χ0n) is 10.00. The van der Waals surface area contributed by atoms with Crippen molar-refractivity contribution in [2.24, 2.45) is 5.73 Å². The van der Waals surface area contributed by atoms with Gasteiger partial charge in [0.25, 0.3) is 5.69 Å². The first kappa shape index (κ1) is 11.7. The Balaban J connectivity index is 2.22. The Morgan fingerprint density at radius 3 is 2.89 bits per heavy atom. The lowest BCUT2D eigenvalue weighted by Crippen LogP contribution is -2.35. The number of nitrogens with two attached hydrogens (primary N) is 1. The molecule has 0 bridgehead atoms. The number of nitro benzene ring substituents is 1. The van der Waals surface area contributed by atoms with Crippen LogP contribution in [0.3, 0.4) is 0 Å². The Labute approximate surface area is 108 Å². The van der Waals surface area contributed by atoms with Crippen molar-refractivity contribution in [2.75, 3.05) is 0 Å². The molecule has 19 heavy (non-hydrogen) atoms. The first-order chi connectivity index (χ1) is 9.06. The van der Waals surface area contributed by atoms with Crippen molar-refractivity contribution in [1.82, 2.24) is 4.98 Å². The number of Topliss-reactive ketones (excluding diaryl/α,β-unsaturated/α-hetero) is 1. The van der Waals surface area contributed by atoms with Crippen molar-refractivity contribution in [3.8, 4) is 0 Å². The number of hydrogen-bond donors (Lipinski definition) is 1. The number of ketones is 1. The summed E-state index contributed by atoms with van der Waals surface area (Å²) in [6.45, 7) is 0. The van der Waals surface area contributed by atoms with Gasteiger partial charge in [-0.15, -0.1) is 0 Å². The molecular formula is C13H11N3O3. The van der Waals surface area contributed by atoms with Crippen molar-refractivity contribution in [1.29, 1.82) is 0 Å². The summed E-state index contributed by atoms with van der Waals surface area (Å²) >= 11 is 0. The van der Waals surface area contributed by atoms with Gasteiger partial charge in [0.1, 0.15) is 0 Å². The fraction of sp³-hybridized carbons (Fsp3) is 0.231. The maximum Gasteiger partial charge on any atom is 0.270 e. The third kappa shape index (κ3) is 1.86. The number of hydrogen-bond acceptors (Lipinski definition) is 5. The number of non-ortho nitro benzene ring substituents is 1. The number of nitrogens with zero attached hydrogens (tertiary/aromatic N) is 2. The van der Waals surface area contributed by atoms with Crippen LogP contribution in [0.4, 0.5) is 5.69 Å². The maximum absolute atomic E-state index is 12.0. The molecular weight excluding hydrogens is 246 g/mol. The highest BCUT2D eigenvalue weighted by Crippen LogP contribution is 2.26. The topological polar surface area (TPSA) is 99.1 Å². The van der Waals surface area contributed by atoms with Gasteiger partial charge in [-0.05, 0) is 25.0 Å². The molecule has 2 N–H and O–H groups in total. The molecule has 1 aliphatic carbocycles. The van der Waals surface area contributed by atoms with Gasteiger partial charge in [0.15, 0.2) is 5.78 Å². The Morgan fingerprint density at radius 2 is 2.16 bits per heavy atom. The van der Waals surface area contributed by atoms with Crippen LogP contribution >= 0.6 is 0 Å². The average molecular weight is 257 g/mol. The molecule has 0 amide bonds. The predicted molar refractivity (Wildman–Crippen MR) is 69.0 cm³/mol. The summed E-state index contributed by atoms with van der Waals surface area (Å²) in [5, 5.41) is 11.3. The second-order valence-corrected chi connectivity index (χ2v) is 4.63. The van der Waals surface area contributed by atoms with Crippen LogP contribution in [0, 0.1) is 10.1 Å². The highest BCUT2D eigenvalue weighted by atomic mass is 16.6. The molecule has 1 aromatic carbocycles. The van der Waals surface area contributed by atoms with Gasteiger partial charge >= 0.3 is 0 Å². The standard InChI is InChI=1S/C13H11N3O3/c14-10-2-4-12-9(13(10)17)6-7-5-8(16(18)19)1-3-11(7)15-12/h1,3,5-6,10H,2,4,14H2. The van der Waals surface area contributed by atoms with Crippen LogP contribution in [0.25, 0.3) is 10.9 Å². The zero-order valence-corrected chi connectivity index (χ0v) is 10.00. The largest absolute Gasteiger partial charge is 0.321 e. The minimum absolute atomic E-state index is 0.0122. The molecule has 1 aliphatic rings. The van der Waals surface area contributed by atoms with Crippen molar-refractivity contribution >= 4 is 22.4 Å². The smallest absolute Gasteiger partial charge is 0.270 e. The van der Waals surface area contributed by atoms with E-state index in [1.165, 1.54) is 12.1 Å². The summed E-state index contributed by atoms with van der Waals surface area (Å²) in [5.41, 5.74) is 7.60. The number of pyridine rings is 1. The van der Waals surface area contributed by atoms with Gasteiger partial charge in [-0.25, -0.2) is 0 Å². The van der Waals surface area contributed by atoms with E-state index in [1.807, 2.05) is 0 Å². The normalized spacial score (nSPS) is 18.4. The van der Waals surface area contributed by atoms with Gasteiger partial charge < -0.3 is 5.73 Å². The lowest BCUT2D eigenvalue weighted by Gasteiger charge is -2.19. The van der Waals surface area contributed by atoms with Crippen LogP contribution < -0.4 is 5.73 Å². The fourth-order valence-electron chi connectivity index (χ4n) is 2.34. The SMILES string of the molecule is NC1CCc2nc3ccc([N+](=O)[O-])cc3cc2C1=O. The summed E-state index contributed by atoms with van der Waals surface area (Å²) in [7, 11) is 0. The Hall–Kier alpha value is -2.34. The summed E-state index contributed by atoms with van der Waals surface area (Å²) in [4.78, 5) is 26.7. The minimum Gasteiger partial charge on any atom is -0.321 e. The molecule has 3 rings (SSSR count). The summed E-state index contributed by atoms with van der Waals surface area (Å²) in [5.74, 6) is -0.137. The number of fused-ring (bicyclic) bond motifs is 2. The lowest BCUT2D eigenvalue weighted by atomic mass is 9.90. The number of rotatable bonds is 1. The van der Waals surface area contributed by atoms with Crippen LogP contribution in [0.2, 0.25) is 0 Å². The quantitative estimate of drug-likeness (QED) is 0.617. The molecule has 0 radical (unpaired) electrons. The minimum atomic E-state index is -0.495. The van der Waals surface area contributed by atoms with Crippen LogP contribution in [0.5, 0.6) is 0 Å². The molecule has 1 aromatic heterocycles. The lowest BCUT2D eigenvalue weighted by molar-refractivity contribution is -0.384. The van der Waals surface area contributed by atoms with Gasteiger partial charge in [0.2, 0.25) is 0 Å². The van der Waals surface area contributed by atoms with E-state index in [2.05, 4.69) is 4.98 Å². The van der Waals surface area contributed by atoms with Crippen LogP contribution in [0.15, 0.2) is 24.3 Å². The van der Waals surface area contributed by atoms with Gasteiger partial charge in [0, 0.05) is 23.1 Å². The molecule has 0 aliphatic heterocycles. The van der Waals surface area contributed by atoms with Crippen molar-refractivity contribution in [3.05, 3.63) is 45.6 Å². The Bertz CT molecular complexity index is 712. The number of aromatic nitrogens is 1. The van der Waals surface area contributed by atoms with E-state index in [-0.39, 0.29) is 11.5 Å². The van der Waals surface area contributed by atoms with Crippen LogP contribution in [-0.2, 0) is 6.42 Å². The van der Waals surface area contributed by atoms with Crippen LogP contribution in [-0.4, -0.2) is 21.7 Å². The van der Waals surface area contributed by atoms with E-state index in [9.17, 15) is 14.9 Å². The van der Waals surface area contributed by atoms with Gasteiger partial charge in [0.05, 0.1) is 22.2 Å². The first-order valence-electron chi connectivity index (χ1n) is 5.94. The van der Waals surface area contributed by atoms with Gasteiger partial charge in [-0.1, -0.05) is 0 Å². The molecule has 6 nitrogen and oxygen atoms in total. The molecule has 2 aromatic rings. The van der Waals surface area contributed by atoms with E-state index in [0.29, 0.717) is 29.3 Å². The molecule has 96 valence electrons. The molecule has 0 saturated carbocycles. The second kappa shape index (κ2) is 4.10. The van der Waals surface area contributed by atoms with Crippen molar-refractivity contribution < 1.29 is 9.72 Å². The van der Waals surface area contributed by atoms with Gasteiger partial charge in [-0.3, -0.25) is 19.9 Å². The summed E-state index contributed by atoms with van der Waals surface area (Å²) in [6, 6.07) is 5.61. The van der Waals surface area contributed by atoms with Crippen molar-refractivity contribution in [2.45, 2.75) is 18.9 Å². The zero-order chi connectivity index (χ0) is 13.6. The predicted octanol–water partition coefficient (Wildman–Crippen LogP) is 1.60. The Morgan fingerprint density at radius 1 is 1.37 bits per heavy atom. The molecule has 0 saturated heterocycles. The number of nitro groups is 1. The maximum atomic E-state index is 12.0. The van der Waals surface area contributed by atoms with Crippen LogP contribution in [0.1, 0.15) is 22.5 Å². The highest BCUT2D eigenvalue weighted by Gasteiger charge is 2.26. The third-order valence-electron chi connectivity index (χ3n) is 3.38. The molecule has 0 fully saturated rings. The van der Waals surface area contributed by atoms with Gasteiger partial charge in [-0.2, -0.15) is 0 Å². The van der Waals surface area contributed by atoms with E-state index in [4.69, 9.17) is 5.73 Å². The number of aryl methyl sites for hydroxylation is 1. The number of carbonyl (C=O) groups is 1. The Kier molecular flexibility index (Phi) is 2.53. The van der Waals surface area contributed by atoms with E-state index >= 15 is 0 Å². The first-order valence-corrected chi connectivity index (χ1v) is 5.94. The third-order valence-corrected chi connectivity index (χ3v) is 3.38. The second-order valence-electron chi connectivity index (χ2n) is 4.63. The van der Waals surface area contributed by atoms with Crippen molar-refractivity contribution in [3.63, 3.8) is 0 Å². The average Bonchev–Trinajstić information content (AvgIpc) is 2.41. The molecule has 1 atom stereocenters. The summed E-state index contributed by atoms with van der Waals surface area (Å²) in [6.07, 6.45) is 1.26. The highest BCUT2D eigenvalue weighted by molar-refractivity contribution is 6.04. The molecule has 6 heteroatoms. The summed E-state index contributed by atoms with van der Waals surface area (Å²) < 4.78 is 0. The molecule has 1 heterocycles. The van der Waals surface area contributed by atoms with E-state index in [0.717, 1.165) is 5.69 Å². The fourth-order valence-corrected chi connectivity index (χ4v) is 2.34. The number of carbonyl (C=O) groups excluding carboxylic acids is 1. The molecule has 0 spiro atoms. The monoisotopic (exact) mass is 257 g/mol. The van der Waals surface area contributed by atoms with E-state index < -0.39 is 11.0 Å². The van der Waals surface area contributed by atoms with E-state index in [1.54, 1.807) is 12.1 Å². The number of benzene rings is 1. The molecule has 1 unspecified atom stereocenters.